The number of carbonyl (C=O) groups excluding carboxylic acids is 2. The highest BCUT2D eigenvalue weighted by Gasteiger charge is 2.24. The molecule has 0 radical (unpaired) electrons. The van der Waals surface area contributed by atoms with Crippen LogP contribution in [-0.2, 0) is 16.0 Å². The molecule has 1 atom stereocenters. The fraction of sp³-hybridized carbons (Fsp3) is 0.263. The highest BCUT2D eigenvalue weighted by molar-refractivity contribution is 9.10. The summed E-state index contributed by atoms with van der Waals surface area (Å²) < 4.78 is 5.93. The van der Waals surface area contributed by atoms with E-state index in [-0.39, 0.29) is 18.2 Å². The number of esters is 1. The Labute approximate surface area is 144 Å². The molecule has 2 aromatic rings. The fourth-order valence-electron chi connectivity index (χ4n) is 2.43. The zero-order valence-electron chi connectivity index (χ0n) is 13.0. The summed E-state index contributed by atoms with van der Waals surface area (Å²) in [5.41, 5.74) is 1.64. The summed E-state index contributed by atoms with van der Waals surface area (Å²) in [6.07, 6.45) is 0.617. The lowest BCUT2D eigenvalue weighted by atomic mass is 9.89. The van der Waals surface area contributed by atoms with Gasteiger partial charge in [-0.25, -0.2) is 0 Å². The second-order valence-corrected chi connectivity index (χ2v) is 6.18. The molecule has 1 unspecified atom stereocenters. The van der Waals surface area contributed by atoms with E-state index >= 15 is 0 Å². The predicted octanol–water partition coefficient (Wildman–Crippen LogP) is 4.44. The van der Waals surface area contributed by atoms with Gasteiger partial charge in [-0.2, -0.15) is 0 Å². The van der Waals surface area contributed by atoms with Gasteiger partial charge in [-0.3, -0.25) is 9.59 Å². The van der Waals surface area contributed by atoms with Crippen molar-refractivity contribution in [3.05, 3.63) is 70.2 Å². The first-order valence-electron chi connectivity index (χ1n) is 7.59. The Hall–Kier alpha value is -1.94. The van der Waals surface area contributed by atoms with E-state index in [2.05, 4.69) is 15.9 Å². The maximum Gasteiger partial charge on any atom is 0.306 e. The van der Waals surface area contributed by atoms with Gasteiger partial charge in [0.05, 0.1) is 13.0 Å². The molecule has 0 aromatic heterocycles. The maximum atomic E-state index is 12.8. The Kier molecular flexibility index (Phi) is 6.53. The van der Waals surface area contributed by atoms with Crippen LogP contribution in [0.4, 0.5) is 0 Å². The van der Waals surface area contributed by atoms with Gasteiger partial charge in [-0.1, -0.05) is 58.4 Å². The Bertz CT molecular complexity index is 650. The Morgan fingerprint density at radius 1 is 1.04 bits per heavy atom. The summed E-state index contributed by atoms with van der Waals surface area (Å²) in [5.74, 6) is -0.786. The van der Waals surface area contributed by atoms with Gasteiger partial charge >= 0.3 is 5.97 Å². The third-order valence-corrected chi connectivity index (χ3v) is 4.07. The van der Waals surface area contributed by atoms with Gasteiger partial charge in [-0.05, 0) is 31.0 Å². The molecule has 0 aliphatic carbocycles. The molecule has 0 aliphatic heterocycles. The van der Waals surface area contributed by atoms with Gasteiger partial charge in [0.15, 0.2) is 5.78 Å². The number of hydrogen-bond acceptors (Lipinski definition) is 3. The Morgan fingerprint density at radius 3 is 2.30 bits per heavy atom. The zero-order chi connectivity index (χ0) is 16.7. The maximum absolute atomic E-state index is 12.8. The van der Waals surface area contributed by atoms with Gasteiger partial charge in [0.25, 0.3) is 0 Å². The number of halogens is 1. The molecule has 2 rings (SSSR count). The van der Waals surface area contributed by atoms with Gasteiger partial charge in [0.2, 0.25) is 0 Å². The van der Waals surface area contributed by atoms with E-state index < -0.39 is 5.92 Å². The SMILES string of the molecule is CCOC(=O)CC(Cc1ccccc1)C(=O)c1ccc(Br)cc1. The van der Waals surface area contributed by atoms with Crippen molar-refractivity contribution >= 4 is 27.7 Å². The van der Waals surface area contributed by atoms with E-state index in [9.17, 15) is 9.59 Å². The number of benzene rings is 2. The molecule has 120 valence electrons. The summed E-state index contributed by atoms with van der Waals surface area (Å²) >= 11 is 3.36. The quantitative estimate of drug-likeness (QED) is 0.531. The highest BCUT2D eigenvalue weighted by Crippen LogP contribution is 2.20. The van der Waals surface area contributed by atoms with Crippen molar-refractivity contribution in [2.75, 3.05) is 6.61 Å². The predicted molar refractivity (Wildman–Crippen MR) is 93.4 cm³/mol. The second kappa shape index (κ2) is 8.63. The van der Waals surface area contributed by atoms with E-state index in [1.165, 1.54) is 0 Å². The first-order chi connectivity index (χ1) is 11.1. The number of rotatable bonds is 7. The van der Waals surface area contributed by atoms with Gasteiger partial charge in [-0.15, -0.1) is 0 Å². The summed E-state index contributed by atoms with van der Waals surface area (Å²) in [5, 5.41) is 0. The van der Waals surface area contributed by atoms with Crippen LogP contribution in [-0.4, -0.2) is 18.4 Å². The molecule has 4 heteroatoms. The number of carbonyl (C=O) groups is 2. The molecule has 0 saturated heterocycles. The van der Waals surface area contributed by atoms with Crippen LogP contribution in [0, 0.1) is 5.92 Å². The summed E-state index contributed by atoms with van der Waals surface area (Å²) in [7, 11) is 0. The van der Waals surface area contributed by atoms with Crippen molar-refractivity contribution in [1.29, 1.82) is 0 Å². The van der Waals surface area contributed by atoms with Gasteiger partial charge < -0.3 is 4.74 Å². The first-order valence-corrected chi connectivity index (χ1v) is 8.38. The largest absolute Gasteiger partial charge is 0.466 e. The molecular formula is C19H19BrO3. The molecule has 0 heterocycles. The zero-order valence-corrected chi connectivity index (χ0v) is 14.6. The van der Waals surface area contributed by atoms with E-state index in [1.807, 2.05) is 42.5 Å². The molecule has 0 saturated carbocycles. The van der Waals surface area contributed by atoms with E-state index in [0.717, 1.165) is 10.0 Å². The molecule has 0 amide bonds. The summed E-state index contributed by atoms with van der Waals surface area (Å²) in [6.45, 7) is 2.09. The highest BCUT2D eigenvalue weighted by atomic mass is 79.9. The van der Waals surface area contributed by atoms with Crippen LogP contribution in [0.3, 0.4) is 0 Å². The average molecular weight is 375 g/mol. The minimum atomic E-state index is -0.419. The lowest BCUT2D eigenvalue weighted by Gasteiger charge is -2.15. The first kappa shape index (κ1) is 17.4. The topological polar surface area (TPSA) is 43.4 Å². The smallest absolute Gasteiger partial charge is 0.306 e. The Morgan fingerprint density at radius 2 is 1.70 bits per heavy atom. The van der Waals surface area contributed by atoms with Gasteiger partial charge in [0, 0.05) is 16.0 Å². The minimum absolute atomic E-state index is 0.0330. The number of ketones is 1. The van der Waals surface area contributed by atoms with Crippen molar-refractivity contribution in [3.8, 4) is 0 Å². The molecule has 0 fully saturated rings. The molecule has 0 bridgehead atoms. The summed E-state index contributed by atoms with van der Waals surface area (Å²) in [4.78, 5) is 24.6. The molecule has 2 aromatic carbocycles. The van der Waals surface area contributed by atoms with Crippen LogP contribution in [0.25, 0.3) is 0 Å². The van der Waals surface area contributed by atoms with E-state index in [4.69, 9.17) is 4.74 Å². The van der Waals surface area contributed by atoms with Crippen molar-refractivity contribution in [3.63, 3.8) is 0 Å². The minimum Gasteiger partial charge on any atom is -0.466 e. The molecule has 0 N–H and O–H groups in total. The third kappa shape index (κ3) is 5.32. The van der Waals surface area contributed by atoms with Crippen molar-refractivity contribution in [1.82, 2.24) is 0 Å². The number of Topliss-reactive ketones (excluding diaryl/α,β-unsaturated/α-hetero) is 1. The standard InChI is InChI=1S/C19H19BrO3/c1-2-23-18(21)13-16(12-14-6-4-3-5-7-14)19(22)15-8-10-17(20)11-9-15/h3-11,16H,2,12-13H2,1H3. The third-order valence-electron chi connectivity index (χ3n) is 3.54. The monoisotopic (exact) mass is 374 g/mol. The molecular weight excluding hydrogens is 356 g/mol. The molecule has 3 nitrogen and oxygen atoms in total. The second-order valence-electron chi connectivity index (χ2n) is 5.27. The molecule has 0 spiro atoms. The van der Waals surface area contributed by atoms with Crippen LogP contribution >= 0.6 is 15.9 Å². The van der Waals surface area contributed by atoms with Crippen LogP contribution in [0.2, 0.25) is 0 Å². The lowest BCUT2D eigenvalue weighted by Crippen LogP contribution is -2.22. The number of hydrogen-bond donors (Lipinski definition) is 0. The normalized spacial score (nSPS) is 11.7. The van der Waals surface area contributed by atoms with Crippen LogP contribution in [0.1, 0.15) is 29.3 Å². The van der Waals surface area contributed by atoms with Crippen molar-refractivity contribution < 1.29 is 14.3 Å². The van der Waals surface area contributed by atoms with Crippen molar-refractivity contribution in [2.24, 2.45) is 5.92 Å². The summed E-state index contributed by atoms with van der Waals surface area (Å²) in [6, 6.07) is 16.9. The van der Waals surface area contributed by atoms with Crippen LogP contribution in [0.15, 0.2) is 59.1 Å². The number of ether oxygens (including phenoxy) is 1. The van der Waals surface area contributed by atoms with Crippen LogP contribution < -0.4 is 0 Å². The molecule has 23 heavy (non-hydrogen) atoms. The Balaban J connectivity index is 2.19. The lowest BCUT2D eigenvalue weighted by molar-refractivity contribution is -0.143. The fourth-order valence-corrected chi connectivity index (χ4v) is 2.69. The van der Waals surface area contributed by atoms with E-state index in [1.54, 1.807) is 19.1 Å². The van der Waals surface area contributed by atoms with Crippen LogP contribution in [0.5, 0.6) is 0 Å². The van der Waals surface area contributed by atoms with E-state index in [0.29, 0.717) is 18.6 Å². The van der Waals surface area contributed by atoms with Crippen molar-refractivity contribution in [2.45, 2.75) is 19.8 Å². The molecule has 0 aliphatic rings. The van der Waals surface area contributed by atoms with Gasteiger partial charge in [0.1, 0.15) is 0 Å². The average Bonchev–Trinajstić information content (AvgIpc) is 2.55.